The first-order chi connectivity index (χ1) is 17.9. The van der Waals surface area contributed by atoms with E-state index in [4.69, 9.17) is 4.42 Å². The molecule has 0 amide bonds. The molecular formula is C32H30IrN4O. The number of fused-ring (bicyclic) bond motifs is 3. The number of furan rings is 1. The van der Waals surface area contributed by atoms with Gasteiger partial charge in [0.2, 0.25) is 11.9 Å². The van der Waals surface area contributed by atoms with E-state index in [9.17, 15) is 0 Å². The predicted octanol–water partition coefficient (Wildman–Crippen LogP) is 7.22. The molecule has 4 heterocycles. The fraction of sp³-hybridized carbons (Fsp3) is 0.219. The first-order valence-electron chi connectivity index (χ1n) is 12.5. The number of nitrogens with zero attached hydrogens (tertiary/aromatic N) is 4. The molecule has 1 radical (unpaired) electrons. The van der Waals surface area contributed by atoms with Gasteiger partial charge in [-0.25, -0.2) is 4.98 Å². The van der Waals surface area contributed by atoms with Crippen molar-refractivity contribution in [1.82, 2.24) is 9.97 Å². The van der Waals surface area contributed by atoms with Crippen LogP contribution >= 0.6 is 0 Å². The van der Waals surface area contributed by atoms with E-state index in [0.29, 0.717) is 11.6 Å². The molecule has 0 aliphatic carbocycles. The summed E-state index contributed by atoms with van der Waals surface area (Å²) in [5, 5.41) is 2.07. The van der Waals surface area contributed by atoms with Crippen LogP contribution in [-0.4, -0.2) is 31.7 Å². The van der Waals surface area contributed by atoms with Gasteiger partial charge in [0.05, 0.1) is 5.58 Å². The van der Waals surface area contributed by atoms with Crippen LogP contribution < -0.4 is 0 Å². The van der Waals surface area contributed by atoms with Crippen molar-refractivity contribution in [2.75, 3.05) is 6.54 Å². The molecule has 5 nitrogen and oxygen atoms in total. The van der Waals surface area contributed by atoms with Crippen LogP contribution in [0.2, 0.25) is 0 Å². The zero-order valence-corrected chi connectivity index (χ0v) is 24.6. The van der Waals surface area contributed by atoms with Gasteiger partial charge in [-0.1, -0.05) is 46.9 Å². The van der Waals surface area contributed by atoms with Crippen LogP contribution in [0, 0.1) is 38.8 Å². The maximum atomic E-state index is 5.94. The maximum Gasteiger partial charge on any atom is 0.493 e. The molecule has 5 aromatic rings. The molecule has 0 bridgehead atoms. The molecule has 0 atom stereocenters. The van der Waals surface area contributed by atoms with E-state index in [-0.39, 0.29) is 20.1 Å². The van der Waals surface area contributed by atoms with Crippen molar-refractivity contribution in [3.8, 4) is 11.3 Å². The van der Waals surface area contributed by atoms with Crippen molar-refractivity contribution in [2.45, 2.75) is 34.6 Å². The number of rotatable bonds is 4. The number of hydrogen-bond acceptors (Lipinski definition) is 3. The van der Waals surface area contributed by atoms with Gasteiger partial charge in [-0.2, -0.15) is 12.1 Å². The Hall–Kier alpha value is -3.69. The summed E-state index contributed by atoms with van der Waals surface area (Å²) >= 11 is 0. The second-order valence-corrected chi connectivity index (χ2v) is 9.78. The Balaban J connectivity index is 0.000000185. The van der Waals surface area contributed by atoms with Crippen LogP contribution in [0.5, 0.6) is 0 Å². The minimum atomic E-state index is 0. The zero-order chi connectivity index (χ0) is 25.9. The van der Waals surface area contributed by atoms with Crippen LogP contribution in [0.1, 0.15) is 30.5 Å². The molecule has 6 rings (SSSR count). The topological polar surface area (TPSA) is 44.9 Å². The Labute approximate surface area is 237 Å². The van der Waals surface area contributed by atoms with Gasteiger partial charge in [-0.05, 0) is 37.2 Å². The molecule has 1 aliphatic heterocycles. The van der Waals surface area contributed by atoms with Gasteiger partial charge in [0.15, 0.2) is 12.2 Å². The standard InChI is InChI=1S/C18H16N3O.C14H14N.Ir/c1-13(2)11-20-9-10-21(12-20)16-7-3-5-14-15-6-4-8-19-18(15)22-17(14)16;1-10-4-6-13(7-5-10)14-8-11(2)12(3)9-15-14;/h3-6,8-10,13H,11H2,1-2H3;4-6,8-9H,1-3H3;/q+1;-1;. The van der Waals surface area contributed by atoms with Crippen LogP contribution in [0.25, 0.3) is 33.3 Å². The molecule has 2 aromatic carbocycles. The third-order valence-corrected chi connectivity index (χ3v) is 6.24. The number of aromatic nitrogens is 2. The predicted molar refractivity (Wildman–Crippen MR) is 147 cm³/mol. The number of pyridine rings is 2. The maximum absolute atomic E-state index is 5.94. The monoisotopic (exact) mass is 679 g/mol. The average molecular weight is 679 g/mol. The van der Waals surface area contributed by atoms with E-state index in [1.54, 1.807) is 6.20 Å². The van der Waals surface area contributed by atoms with Gasteiger partial charge in [0.25, 0.3) is 6.20 Å². The van der Waals surface area contributed by atoms with Gasteiger partial charge in [0.1, 0.15) is 0 Å². The van der Waals surface area contributed by atoms with Crippen LogP contribution in [0.15, 0.2) is 77.7 Å². The number of benzene rings is 2. The van der Waals surface area contributed by atoms with E-state index in [1.807, 2.05) is 53.5 Å². The molecule has 0 saturated heterocycles. The summed E-state index contributed by atoms with van der Waals surface area (Å²) < 4.78 is 9.91. The van der Waals surface area contributed by atoms with Crippen LogP contribution in [-0.2, 0) is 20.1 Å². The summed E-state index contributed by atoms with van der Waals surface area (Å²) in [7, 11) is 0. The first kappa shape index (κ1) is 27.3. The molecule has 6 heteroatoms. The van der Waals surface area contributed by atoms with Crippen molar-refractivity contribution in [3.05, 3.63) is 102 Å². The molecule has 0 unspecified atom stereocenters. The Bertz CT molecular complexity index is 1690. The third kappa shape index (κ3) is 5.89. The van der Waals surface area contributed by atoms with Gasteiger partial charge in [-0.3, -0.25) is 0 Å². The van der Waals surface area contributed by atoms with Gasteiger partial charge in [-0.15, -0.1) is 41.5 Å². The molecule has 38 heavy (non-hydrogen) atoms. The fourth-order valence-electron chi connectivity index (χ4n) is 4.15. The molecule has 193 valence electrons. The van der Waals surface area contributed by atoms with Crippen molar-refractivity contribution in [3.63, 3.8) is 0 Å². The molecule has 1 aliphatic rings. The Kier molecular flexibility index (Phi) is 8.48. The fourth-order valence-corrected chi connectivity index (χ4v) is 4.15. The third-order valence-electron chi connectivity index (χ3n) is 6.24. The minimum absolute atomic E-state index is 0. The molecule has 0 N–H and O–H groups in total. The van der Waals surface area contributed by atoms with Crippen LogP contribution in [0.4, 0.5) is 5.69 Å². The summed E-state index contributed by atoms with van der Waals surface area (Å²) in [6.45, 7) is 11.6. The van der Waals surface area contributed by atoms with E-state index < -0.39 is 0 Å². The van der Waals surface area contributed by atoms with Gasteiger partial charge >= 0.3 is 6.01 Å². The van der Waals surface area contributed by atoms with Gasteiger partial charge in [0, 0.05) is 43.8 Å². The zero-order valence-electron chi connectivity index (χ0n) is 22.2. The summed E-state index contributed by atoms with van der Waals surface area (Å²) in [6, 6.07) is 25.9. The van der Waals surface area contributed by atoms with Crippen LogP contribution in [0.3, 0.4) is 0 Å². The van der Waals surface area contributed by atoms with Crippen molar-refractivity contribution < 1.29 is 33.7 Å². The summed E-state index contributed by atoms with van der Waals surface area (Å²) in [5.41, 5.74) is 8.09. The van der Waals surface area contributed by atoms with E-state index >= 15 is 0 Å². The quantitative estimate of drug-likeness (QED) is 0.149. The average Bonchev–Trinajstić information content (AvgIpc) is 3.51. The molecular weight excluding hydrogens is 649 g/mol. The van der Waals surface area contributed by atoms with Crippen molar-refractivity contribution in [1.29, 1.82) is 0 Å². The van der Waals surface area contributed by atoms with E-state index in [0.717, 1.165) is 39.8 Å². The Morgan fingerprint density at radius 1 is 0.974 bits per heavy atom. The molecule has 0 fully saturated rings. The largest absolute Gasteiger partial charge is 0.495 e. The second kappa shape index (κ2) is 11.8. The van der Waals surface area contributed by atoms with Crippen molar-refractivity contribution >= 4 is 33.8 Å². The summed E-state index contributed by atoms with van der Waals surface area (Å²) in [4.78, 5) is 8.70. The Morgan fingerprint density at radius 2 is 1.82 bits per heavy atom. The number of hydrogen-bond donors (Lipinski definition) is 0. The van der Waals surface area contributed by atoms with E-state index in [1.165, 1.54) is 16.7 Å². The summed E-state index contributed by atoms with van der Waals surface area (Å²) in [5.74, 6) is 0.576. The van der Waals surface area contributed by atoms with E-state index in [2.05, 4.69) is 85.5 Å². The smallest absolute Gasteiger partial charge is 0.493 e. The Morgan fingerprint density at radius 3 is 2.55 bits per heavy atom. The summed E-state index contributed by atoms with van der Waals surface area (Å²) in [6.07, 6.45) is 7.66. The normalized spacial score (nSPS) is 12.3. The first-order valence-corrected chi connectivity index (χ1v) is 12.5. The van der Waals surface area contributed by atoms with Crippen molar-refractivity contribution in [2.24, 2.45) is 5.92 Å². The number of aryl methyl sites for hydroxylation is 3. The minimum Gasteiger partial charge on any atom is -0.495 e. The van der Waals surface area contributed by atoms with Gasteiger partial charge < -0.3 is 9.40 Å². The SMILES string of the molecule is CC(C)C[N+]1=C=[N+](c2[c-]ccc3c2oc2ncccc23)C=C1.Cc1c[c-]c(-c2cc(C)c(C)cn2)cc1.[Ir]. The molecule has 0 saturated carbocycles. The molecule has 3 aromatic heterocycles. The molecule has 0 spiro atoms. The second-order valence-electron chi connectivity index (χ2n) is 9.78.